The van der Waals surface area contributed by atoms with Crippen LogP contribution in [0.1, 0.15) is 41.8 Å². The second kappa shape index (κ2) is 7.75. The molecule has 1 aromatic heterocycles. The minimum absolute atomic E-state index is 0.112. The van der Waals surface area contributed by atoms with Gasteiger partial charge in [0, 0.05) is 19.5 Å². The maximum Gasteiger partial charge on any atom is 0.243 e. The Morgan fingerprint density at radius 2 is 1.87 bits per heavy atom. The predicted octanol–water partition coefficient (Wildman–Crippen LogP) is 3.72. The minimum Gasteiger partial charge on any atom is -0.388 e. The number of fused-ring (bicyclic) bond motifs is 2. The molecule has 0 aliphatic carbocycles. The zero-order chi connectivity index (χ0) is 21.6. The fourth-order valence-electron chi connectivity index (χ4n) is 4.66. The van der Waals surface area contributed by atoms with Crippen molar-refractivity contribution in [2.45, 2.75) is 36.8 Å². The molecule has 1 N–H and O–H groups in total. The normalized spacial score (nSPS) is 19.9. The van der Waals surface area contributed by atoms with E-state index in [0.29, 0.717) is 30.8 Å². The van der Waals surface area contributed by atoms with Crippen molar-refractivity contribution in [2.75, 3.05) is 13.1 Å². The monoisotopic (exact) mass is 435 g/mol. The van der Waals surface area contributed by atoms with Gasteiger partial charge < -0.3 is 9.67 Å². The Morgan fingerprint density at radius 1 is 1.13 bits per heavy atom. The van der Waals surface area contributed by atoms with Crippen LogP contribution in [-0.2, 0) is 10.0 Å². The largest absolute Gasteiger partial charge is 0.388 e. The van der Waals surface area contributed by atoms with Gasteiger partial charge in [-0.3, -0.25) is 0 Å². The van der Waals surface area contributed by atoms with E-state index < -0.39 is 16.1 Å². The number of aliphatic hydroxyl groups excluding tert-OH is 1. The zero-order valence-electron chi connectivity index (χ0n) is 17.3. The second-order valence-electron chi connectivity index (χ2n) is 8.27. The fraction of sp³-hybridized carbons (Fsp3) is 0.292. The van der Waals surface area contributed by atoms with E-state index in [2.05, 4.69) is 9.55 Å². The molecule has 0 spiro atoms. The summed E-state index contributed by atoms with van der Waals surface area (Å²) in [7, 11) is -3.58. The first-order valence-corrected chi connectivity index (χ1v) is 11.9. The smallest absolute Gasteiger partial charge is 0.243 e. The average molecular weight is 436 g/mol. The molecule has 0 fully saturated rings. The van der Waals surface area contributed by atoms with Crippen LogP contribution in [0.4, 0.5) is 0 Å². The summed E-state index contributed by atoms with van der Waals surface area (Å²) in [6, 6.07) is 16.5. The van der Waals surface area contributed by atoms with E-state index in [1.54, 1.807) is 22.8 Å². The lowest BCUT2D eigenvalue weighted by Crippen LogP contribution is -2.37. The number of hydrogen-bond donors (Lipinski definition) is 1. The van der Waals surface area contributed by atoms with E-state index in [4.69, 9.17) is 0 Å². The summed E-state index contributed by atoms with van der Waals surface area (Å²) >= 11 is 0. The molecule has 2 unspecified atom stereocenters. The van der Waals surface area contributed by atoms with Gasteiger partial charge in [0.25, 0.3) is 0 Å². The van der Waals surface area contributed by atoms with Gasteiger partial charge in [-0.15, -0.1) is 0 Å². The third-order valence-corrected chi connectivity index (χ3v) is 8.21. The number of hydrogen-bond acceptors (Lipinski definition) is 4. The first-order chi connectivity index (χ1) is 14.9. The standard InChI is InChI=1S/C24H25N3O3S/c1-17-7-9-19(10-8-17)31(29,30)26-12-11-20-21(15-26)22(27-16-25-14-23(20)27)13-24(28)18-5-3-2-4-6-18/h2-10,14,16,22,24,28H,11-13,15H2,1H3. The molecule has 7 heteroatoms. The summed E-state index contributed by atoms with van der Waals surface area (Å²) in [5.41, 5.74) is 5.15. The van der Waals surface area contributed by atoms with Crippen LogP contribution in [0.3, 0.4) is 0 Å². The van der Waals surface area contributed by atoms with E-state index in [-0.39, 0.29) is 6.04 Å². The Bertz CT molecular complexity index is 1230. The molecule has 0 radical (unpaired) electrons. The zero-order valence-corrected chi connectivity index (χ0v) is 18.2. The Hall–Kier alpha value is -2.74. The van der Waals surface area contributed by atoms with Crippen molar-refractivity contribution >= 4 is 15.6 Å². The summed E-state index contributed by atoms with van der Waals surface area (Å²) in [4.78, 5) is 4.63. The van der Waals surface area contributed by atoms with Crippen LogP contribution >= 0.6 is 0 Å². The van der Waals surface area contributed by atoms with Crippen molar-refractivity contribution < 1.29 is 13.5 Å². The molecule has 2 atom stereocenters. The van der Waals surface area contributed by atoms with Gasteiger partial charge in [-0.2, -0.15) is 4.31 Å². The quantitative estimate of drug-likeness (QED) is 0.663. The molecule has 2 aromatic carbocycles. The summed E-state index contributed by atoms with van der Waals surface area (Å²) in [6.45, 7) is 2.71. The van der Waals surface area contributed by atoms with Gasteiger partial charge >= 0.3 is 0 Å². The first-order valence-electron chi connectivity index (χ1n) is 10.5. The van der Waals surface area contributed by atoms with Crippen LogP contribution < -0.4 is 0 Å². The predicted molar refractivity (Wildman–Crippen MR) is 119 cm³/mol. The van der Waals surface area contributed by atoms with E-state index in [1.807, 2.05) is 55.6 Å². The highest BCUT2D eigenvalue weighted by atomic mass is 32.2. The Kier molecular flexibility index (Phi) is 5.04. The molecule has 0 bridgehead atoms. The minimum atomic E-state index is -3.58. The van der Waals surface area contributed by atoms with Crippen molar-refractivity contribution in [3.8, 4) is 0 Å². The van der Waals surface area contributed by atoms with Crippen molar-refractivity contribution in [3.63, 3.8) is 0 Å². The molecule has 3 heterocycles. The molecular weight excluding hydrogens is 410 g/mol. The van der Waals surface area contributed by atoms with Gasteiger partial charge in [0.2, 0.25) is 10.0 Å². The van der Waals surface area contributed by atoms with Gasteiger partial charge in [0.15, 0.2) is 0 Å². The SMILES string of the molecule is Cc1ccc(S(=O)(=O)N2CCC3=C(C2)C(CC(O)c2ccccc2)n2cncc23)cc1. The summed E-state index contributed by atoms with van der Waals surface area (Å²) in [5, 5.41) is 10.9. The maximum atomic E-state index is 13.3. The fourth-order valence-corrected chi connectivity index (χ4v) is 6.08. The molecule has 3 aromatic rings. The van der Waals surface area contributed by atoms with Gasteiger partial charge in [-0.05, 0) is 42.2 Å². The van der Waals surface area contributed by atoms with Crippen molar-refractivity contribution in [2.24, 2.45) is 0 Å². The molecule has 5 rings (SSSR count). The van der Waals surface area contributed by atoms with Crippen LogP contribution in [0, 0.1) is 6.92 Å². The van der Waals surface area contributed by atoms with E-state index in [1.165, 1.54) is 0 Å². The molecule has 160 valence electrons. The van der Waals surface area contributed by atoms with Crippen LogP contribution in [-0.4, -0.2) is 40.5 Å². The second-order valence-corrected chi connectivity index (χ2v) is 10.2. The number of imidazole rings is 1. The number of sulfonamides is 1. The molecule has 2 aliphatic rings. The van der Waals surface area contributed by atoms with Gasteiger partial charge in [0.1, 0.15) is 0 Å². The lowest BCUT2D eigenvalue weighted by molar-refractivity contribution is 0.151. The highest BCUT2D eigenvalue weighted by Gasteiger charge is 2.39. The van der Waals surface area contributed by atoms with Gasteiger partial charge in [-0.25, -0.2) is 13.4 Å². The highest BCUT2D eigenvalue weighted by molar-refractivity contribution is 7.89. The number of benzene rings is 2. The molecule has 31 heavy (non-hydrogen) atoms. The third kappa shape index (κ3) is 3.52. The summed E-state index contributed by atoms with van der Waals surface area (Å²) in [5.74, 6) is 0. The third-order valence-electron chi connectivity index (χ3n) is 6.35. The van der Waals surface area contributed by atoms with Crippen molar-refractivity contribution in [1.29, 1.82) is 0 Å². The van der Waals surface area contributed by atoms with Gasteiger partial charge in [0.05, 0.1) is 35.3 Å². The average Bonchev–Trinajstić information content (AvgIpc) is 3.37. The lowest BCUT2D eigenvalue weighted by atomic mass is 9.93. The van der Waals surface area contributed by atoms with Crippen LogP contribution in [0.2, 0.25) is 0 Å². The Labute approximate surface area is 182 Å². The molecule has 0 saturated carbocycles. The number of aryl methyl sites for hydroxylation is 1. The van der Waals surface area contributed by atoms with Crippen molar-refractivity contribution in [1.82, 2.24) is 13.9 Å². The van der Waals surface area contributed by atoms with E-state index >= 15 is 0 Å². The highest BCUT2D eigenvalue weighted by Crippen LogP contribution is 2.45. The van der Waals surface area contributed by atoms with E-state index in [9.17, 15) is 13.5 Å². The number of aromatic nitrogens is 2. The maximum absolute atomic E-state index is 13.3. The van der Waals surface area contributed by atoms with Gasteiger partial charge in [-0.1, -0.05) is 48.0 Å². The summed E-state index contributed by atoms with van der Waals surface area (Å²) < 4.78 is 30.2. The number of rotatable bonds is 5. The topological polar surface area (TPSA) is 75.4 Å². The molecular formula is C24H25N3O3S. The first kappa shape index (κ1) is 20.2. The van der Waals surface area contributed by atoms with Crippen LogP contribution in [0.5, 0.6) is 0 Å². The number of nitrogens with zero attached hydrogens (tertiary/aromatic N) is 3. The number of aliphatic hydroxyl groups is 1. The van der Waals surface area contributed by atoms with Crippen LogP contribution in [0.15, 0.2) is 77.6 Å². The molecule has 6 nitrogen and oxygen atoms in total. The Balaban J connectivity index is 1.45. The van der Waals surface area contributed by atoms with Crippen LogP contribution in [0.25, 0.3) is 5.57 Å². The molecule has 0 amide bonds. The Morgan fingerprint density at radius 3 is 2.61 bits per heavy atom. The van der Waals surface area contributed by atoms with Crippen molar-refractivity contribution in [3.05, 3.63) is 89.5 Å². The summed E-state index contributed by atoms with van der Waals surface area (Å²) in [6.07, 6.45) is 4.11. The molecule has 2 aliphatic heterocycles. The molecule has 0 saturated heterocycles. The lowest BCUT2D eigenvalue weighted by Gasteiger charge is -2.30. The van der Waals surface area contributed by atoms with E-state index in [0.717, 1.165) is 28.0 Å².